The van der Waals surface area contributed by atoms with Gasteiger partial charge >= 0.3 is 18.4 Å². The number of rotatable bonds is 3. The van der Waals surface area contributed by atoms with Crippen LogP contribution in [-0.2, 0) is 17.1 Å². The first-order valence-electron chi connectivity index (χ1n) is 9.91. The van der Waals surface area contributed by atoms with Gasteiger partial charge in [-0.25, -0.2) is 4.79 Å². The van der Waals surface area contributed by atoms with E-state index in [2.05, 4.69) is 16.0 Å². The van der Waals surface area contributed by atoms with Crippen LogP contribution in [0, 0.1) is 0 Å². The van der Waals surface area contributed by atoms with E-state index in [-0.39, 0.29) is 23.3 Å². The number of halogens is 6. The van der Waals surface area contributed by atoms with Crippen LogP contribution in [0.25, 0.3) is 0 Å². The van der Waals surface area contributed by atoms with Gasteiger partial charge in [0.05, 0.1) is 17.2 Å². The molecule has 180 valence electrons. The van der Waals surface area contributed by atoms with Crippen LogP contribution < -0.4 is 16.0 Å². The monoisotopic (exact) mass is 485 g/mol. The Morgan fingerprint density at radius 2 is 1.38 bits per heavy atom. The molecule has 32 heavy (non-hydrogen) atoms. The van der Waals surface area contributed by atoms with Crippen LogP contribution in [0.5, 0.6) is 0 Å². The van der Waals surface area contributed by atoms with E-state index in [1.165, 1.54) is 0 Å². The van der Waals surface area contributed by atoms with Gasteiger partial charge in [0.2, 0.25) is 0 Å². The van der Waals surface area contributed by atoms with Crippen LogP contribution in [0.2, 0.25) is 0 Å². The normalized spacial score (nSPS) is 19.8. The SMILES string of the molecule is CC(C)(C)OC(=O)N[C@@H]1CCCCC1NC(=S)Nc1cc(C(F)(F)F)cc(C(F)(F)F)c1. The number of carbonyl (C=O) groups excluding carboxylic acids is 1. The van der Waals surface area contributed by atoms with Crippen molar-refractivity contribution < 1.29 is 35.9 Å². The Balaban J connectivity index is 2.12. The average molecular weight is 485 g/mol. The van der Waals surface area contributed by atoms with Gasteiger partial charge < -0.3 is 20.7 Å². The highest BCUT2D eigenvalue weighted by atomic mass is 32.1. The van der Waals surface area contributed by atoms with E-state index >= 15 is 0 Å². The number of anilines is 1. The molecule has 1 aromatic rings. The van der Waals surface area contributed by atoms with Gasteiger partial charge in [0.15, 0.2) is 5.11 Å². The fourth-order valence-corrected chi connectivity index (χ4v) is 3.57. The van der Waals surface area contributed by atoms with Crippen molar-refractivity contribution in [3.63, 3.8) is 0 Å². The number of benzene rings is 1. The van der Waals surface area contributed by atoms with Gasteiger partial charge in [0, 0.05) is 11.7 Å². The summed E-state index contributed by atoms with van der Waals surface area (Å²) in [5, 5.41) is 7.88. The molecule has 1 amide bonds. The van der Waals surface area contributed by atoms with Crippen molar-refractivity contribution in [3.05, 3.63) is 29.3 Å². The lowest BCUT2D eigenvalue weighted by molar-refractivity contribution is -0.143. The Kier molecular flexibility index (Phi) is 7.90. The highest BCUT2D eigenvalue weighted by Crippen LogP contribution is 2.37. The van der Waals surface area contributed by atoms with Crippen molar-refractivity contribution in [2.24, 2.45) is 0 Å². The fourth-order valence-electron chi connectivity index (χ4n) is 3.30. The van der Waals surface area contributed by atoms with Crippen molar-refractivity contribution in [2.45, 2.75) is 76.5 Å². The molecule has 3 N–H and O–H groups in total. The zero-order chi connectivity index (χ0) is 24.3. The molecule has 0 aliphatic heterocycles. The van der Waals surface area contributed by atoms with Crippen molar-refractivity contribution in [3.8, 4) is 0 Å². The molecule has 2 rings (SSSR count). The third-order valence-corrected chi connectivity index (χ3v) is 4.85. The summed E-state index contributed by atoms with van der Waals surface area (Å²) in [7, 11) is 0. The minimum absolute atomic E-state index is 0.0452. The van der Waals surface area contributed by atoms with Gasteiger partial charge in [-0.05, 0) is 64.0 Å². The molecular weight excluding hydrogens is 460 g/mol. The van der Waals surface area contributed by atoms with Gasteiger partial charge in [0.25, 0.3) is 0 Å². The summed E-state index contributed by atoms with van der Waals surface area (Å²) in [5.74, 6) is 0. The molecule has 0 spiro atoms. The number of thiocarbonyl (C=S) groups is 1. The zero-order valence-electron chi connectivity index (χ0n) is 17.7. The molecule has 0 heterocycles. The average Bonchev–Trinajstić information content (AvgIpc) is 2.60. The number of alkyl halides is 6. The standard InChI is InChI=1S/C20H25F6N3O2S/c1-18(2,3)31-17(30)29-15-7-5-4-6-14(15)28-16(32)27-13-9-11(19(21,22)23)8-12(10-13)20(24,25)26/h8-10,14-15H,4-7H2,1-3H3,(H,29,30)(H2,27,28,32)/t14?,15-/m1/s1. The van der Waals surface area contributed by atoms with E-state index in [4.69, 9.17) is 17.0 Å². The number of amides is 1. The summed E-state index contributed by atoms with van der Waals surface area (Å²) in [5.41, 5.74) is -4.03. The summed E-state index contributed by atoms with van der Waals surface area (Å²) >= 11 is 5.12. The highest BCUT2D eigenvalue weighted by molar-refractivity contribution is 7.80. The molecule has 0 saturated heterocycles. The first kappa shape index (κ1) is 26.0. The predicted octanol–water partition coefficient (Wildman–Crippen LogP) is 5.85. The minimum atomic E-state index is -4.96. The molecule has 1 saturated carbocycles. The summed E-state index contributed by atoms with van der Waals surface area (Å²) in [6.07, 6.45) is -7.68. The lowest BCUT2D eigenvalue weighted by Crippen LogP contribution is -2.54. The quantitative estimate of drug-likeness (QED) is 0.371. The highest BCUT2D eigenvalue weighted by Gasteiger charge is 2.37. The minimum Gasteiger partial charge on any atom is -0.444 e. The first-order valence-corrected chi connectivity index (χ1v) is 10.3. The molecule has 5 nitrogen and oxygen atoms in total. The fraction of sp³-hybridized carbons (Fsp3) is 0.600. The number of ether oxygens (including phenoxy) is 1. The Bertz CT molecular complexity index is 804. The van der Waals surface area contributed by atoms with Crippen LogP contribution in [0.1, 0.15) is 57.6 Å². The van der Waals surface area contributed by atoms with Crippen LogP contribution in [0.15, 0.2) is 18.2 Å². The van der Waals surface area contributed by atoms with Gasteiger partial charge in [-0.1, -0.05) is 12.8 Å². The number of alkyl carbamates (subject to hydrolysis) is 1. The summed E-state index contributed by atoms with van der Waals surface area (Å²) in [6, 6.07) is 0.416. The smallest absolute Gasteiger partial charge is 0.416 e. The van der Waals surface area contributed by atoms with Gasteiger partial charge in [-0.3, -0.25) is 0 Å². The first-order chi connectivity index (χ1) is 14.5. The third kappa shape index (κ3) is 8.03. The molecule has 2 atom stereocenters. The van der Waals surface area contributed by atoms with E-state index in [0.717, 1.165) is 12.8 Å². The zero-order valence-corrected chi connectivity index (χ0v) is 18.5. The second-order valence-electron chi connectivity index (χ2n) is 8.54. The second-order valence-corrected chi connectivity index (χ2v) is 8.94. The lowest BCUT2D eigenvalue weighted by atomic mass is 9.90. The molecule has 1 aliphatic rings. The van der Waals surface area contributed by atoms with Gasteiger partial charge in [0.1, 0.15) is 5.60 Å². The summed E-state index contributed by atoms with van der Waals surface area (Å²) in [4.78, 5) is 12.1. The Morgan fingerprint density at radius 1 is 0.906 bits per heavy atom. The molecular formula is C20H25F6N3O2S. The number of hydrogen-bond acceptors (Lipinski definition) is 3. The number of nitrogens with one attached hydrogen (secondary N) is 3. The van der Waals surface area contributed by atoms with Crippen molar-refractivity contribution in [1.29, 1.82) is 0 Å². The summed E-state index contributed by atoms with van der Waals surface area (Å²) in [6.45, 7) is 5.14. The Hall–Kier alpha value is -2.24. The van der Waals surface area contributed by atoms with Crippen LogP contribution in [0.4, 0.5) is 36.8 Å². The van der Waals surface area contributed by atoms with Gasteiger partial charge in [-0.2, -0.15) is 26.3 Å². The molecule has 12 heteroatoms. The molecule has 1 aliphatic carbocycles. The van der Waals surface area contributed by atoms with E-state index in [1.54, 1.807) is 20.8 Å². The number of hydrogen-bond donors (Lipinski definition) is 3. The molecule has 0 radical (unpaired) electrons. The lowest BCUT2D eigenvalue weighted by Gasteiger charge is -2.34. The molecule has 1 fully saturated rings. The maximum absolute atomic E-state index is 13.0. The Labute approximate surface area is 187 Å². The molecule has 0 aromatic heterocycles. The van der Waals surface area contributed by atoms with Crippen LogP contribution in [0.3, 0.4) is 0 Å². The number of carbonyl (C=O) groups is 1. The second kappa shape index (κ2) is 9.72. The molecule has 0 bridgehead atoms. The van der Waals surface area contributed by atoms with Crippen molar-refractivity contribution >= 4 is 29.1 Å². The molecule has 1 unspecified atom stereocenters. The van der Waals surface area contributed by atoms with Crippen molar-refractivity contribution in [1.82, 2.24) is 10.6 Å². The van der Waals surface area contributed by atoms with E-state index < -0.39 is 40.9 Å². The maximum atomic E-state index is 13.0. The Morgan fingerprint density at radius 3 is 1.81 bits per heavy atom. The maximum Gasteiger partial charge on any atom is 0.416 e. The topological polar surface area (TPSA) is 62.4 Å². The summed E-state index contributed by atoms with van der Waals surface area (Å²) < 4.78 is 83.5. The van der Waals surface area contributed by atoms with E-state index in [9.17, 15) is 31.1 Å². The predicted molar refractivity (Wildman–Crippen MR) is 111 cm³/mol. The van der Waals surface area contributed by atoms with Crippen LogP contribution in [-0.4, -0.2) is 28.9 Å². The van der Waals surface area contributed by atoms with Crippen molar-refractivity contribution in [2.75, 3.05) is 5.32 Å². The van der Waals surface area contributed by atoms with E-state index in [0.29, 0.717) is 25.0 Å². The van der Waals surface area contributed by atoms with Crippen LogP contribution >= 0.6 is 12.2 Å². The molecule has 1 aromatic carbocycles. The third-order valence-electron chi connectivity index (χ3n) is 4.63. The van der Waals surface area contributed by atoms with E-state index in [1.807, 2.05) is 0 Å². The largest absolute Gasteiger partial charge is 0.444 e. The van der Waals surface area contributed by atoms with Gasteiger partial charge in [-0.15, -0.1) is 0 Å².